The Balaban J connectivity index is 0. The molecule has 0 fully saturated rings. The topological polar surface area (TPSA) is 94.2 Å². The summed E-state index contributed by atoms with van der Waals surface area (Å²) in [7, 11) is 0. The molecule has 0 aliphatic carbocycles. The maximum Gasteiger partial charge on any atom is 0.420 e. The van der Waals surface area contributed by atoms with E-state index in [4.69, 9.17) is 79.1 Å². The number of rotatable bonds is 6. The first-order valence-corrected chi connectivity index (χ1v) is 10.6. The third-order valence-electron chi connectivity index (χ3n) is 2.26. The summed E-state index contributed by atoms with van der Waals surface area (Å²) in [5.41, 5.74) is -0.744. The van der Waals surface area contributed by atoms with Crippen molar-refractivity contribution in [3.05, 3.63) is 25.3 Å². The van der Waals surface area contributed by atoms with Gasteiger partial charge in [0.2, 0.25) is 7.59 Å². The van der Waals surface area contributed by atoms with E-state index in [0.29, 0.717) is 11.4 Å². The summed E-state index contributed by atoms with van der Waals surface area (Å²) in [6.07, 6.45) is 0.389. The monoisotopic (exact) mass is 562 g/mol. The Hall–Kier alpha value is -0.770. The number of ether oxygens (including phenoxy) is 3. The molecule has 0 saturated heterocycles. The molecule has 0 aliphatic rings. The number of hydrogen-bond acceptors (Lipinski definition) is 6. The molecule has 0 unspecified atom stereocenters. The van der Waals surface area contributed by atoms with Crippen LogP contribution in [0.1, 0.15) is 20.8 Å². The SMILES string of the molecule is C=CCN(C(=O)OCC(Cl)(Cl)Cl)C(=O)OC(C)(C)C.C=CCNC(=O)OCC(Cl)(Cl)Cl. The van der Waals surface area contributed by atoms with E-state index < -0.39 is 38.1 Å². The highest BCUT2D eigenvalue weighted by Crippen LogP contribution is 2.26. The Morgan fingerprint density at radius 3 is 1.74 bits per heavy atom. The van der Waals surface area contributed by atoms with Crippen LogP contribution in [-0.4, -0.2) is 62.7 Å². The zero-order valence-corrected chi connectivity index (χ0v) is 21.6. The van der Waals surface area contributed by atoms with Crippen LogP contribution in [0.25, 0.3) is 0 Å². The van der Waals surface area contributed by atoms with Crippen LogP contribution < -0.4 is 5.32 Å². The first-order chi connectivity index (χ1) is 13.9. The van der Waals surface area contributed by atoms with Crippen LogP contribution in [0.15, 0.2) is 25.3 Å². The lowest BCUT2D eigenvalue weighted by atomic mass is 10.2. The van der Waals surface area contributed by atoms with E-state index in [0.717, 1.165) is 0 Å². The molecule has 0 rings (SSSR count). The van der Waals surface area contributed by atoms with Gasteiger partial charge in [-0.15, -0.1) is 13.2 Å². The fraction of sp³-hybridized carbons (Fsp3) is 0.588. The molecule has 1 N–H and O–H groups in total. The van der Waals surface area contributed by atoms with Crippen molar-refractivity contribution < 1.29 is 28.6 Å². The molecule has 31 heavy (non-hydrogen) atoms. The molecule has 0 saturated carbocycles. The Bertz CT molecular complexity index is 614. The minimum absolute atomic E-state index is 0.0758. The van der Waals surface area contributed by atoms with Gasteiger partial charge in [-0.05, 0) is 20.8 Å². The zero-order valence-electron chi connectivity index (χ0n) is 17.1. The van der Waals surface area contributed by atoms with Crippen LogP contribution in [0.5, 0.6) is 0 Å². The normalized spacial score (nSPS) is 11.3. The number of halogens is 6. The Kier molecular flexibility index (Phi) is 15.8. The number of nitrogens with zero attached hydrogens (tertiary/aromatic N) is 1. The summed E-state index contributed by atoms with van der Waals surface area (Å²) in [5, 5.41) is 2.35. The first kappa shape index (κ1) is 32.4. The van der Waals surface area contributed by atoms with E-state index >= 15 is 0 Å². The quantitative estimate of drug-likeness (QED) is 0.235. The molecule has 0 spiro atoms. The molecular weight excluding hydrogens is 541 g/mol. The van der Waals surface area contributed by atoms with Crippen LogP contribution in [0.3, 0.4) is 0 Å². The van der Waals surface area contributed by atoms with Gasteiger partial charge in [-0.3, -0.25) is 0 Å². The number of hydrogen-bond donors (Lipinski definition) is 1. The van der Waals surface area contributed by atoms with Gasteiger partial charge < -0.3 is 19.5 Å². The third-order valence-corrected chi connectivity index (χ3v) is 2.92. The number of carbonyl (C=O) groups excluding carboxylic acids is 3. The molecule has 0 aromatic heterocycles. The van der Waals surface area contributed by atoms with Gasteiger partial charge in [0.15, 0.2) is 0 Å². The van der Waals surface area contributed by atoms with E-state index in [9.17, 15) is 14.4 Å². The lowest BCUT2D eigenvalue weighted by Gasteiger charge is -2.25. The number of alkyl halides is 6. The Morgan fingerprint density at radius 2 is 1.35 bits per heavy atom. The first-order valence-electron chi connectivity index (χ1n) is 8.35. The number of carbonyl (C=O) groups is 3. The van der Waals surface area contributed by atoms with Gasteiger partial charge in [0.25, 0.3) is 0 Å². The number of alkyl carbamates (subject to hydrolysis) is 1. The molecule has 14 heteroatoms. The fourth-order valence-corrected chi connectivity index (χ4v) is 1.57. The van der Waals surface area contributed by atoms with Crippen molar-refractivity contribution in [1.29, 1.82) is 0 Å². The number of nitrogens with one attached hydrogen (secondary N) is 1. The molecule has 0 heterocycles. The van der Waals surface area contributed by atoms with Crippen LogP contribution in [0, 0.1) is 0 Å². The van der Waals surface area contributed by atoms with Crippen LogP contribution in [-0.2, 0) is 14.2 Å². The molecule has 0 aromatic rings. The summed E-state index contributed by atoms with van der Waals surface area (Å²) >= 11 is 32.3. The fourth-order valence-electron chi connectivity index (χ4n) is 1.25. The van der Waals surface area contributed by atoms with Crippen molar-refractivity contribution in [2.75, 3.05) is 26.3 Å². The Labute approximate surface area is 211 Å². The highest BCUT2D eigenvalue weighted by Gasteiger charge is 2.30. The average molecular weight is 565 g/mol. The van der Waals surface area contributed by atoms with E-state index in [1.807, 2.05) is 0 Å². The van der Waals surface area contributed by atoms with E-state index in [2.05, 4.69) is 23.2 Å². The molecule has 3 amide bonds. The van der Waals surface area contributed by atoms with E-state index in [1.54, 1.807) is 20.8 Å². The van der Waals surface area contributed by atoms with Crippen LogP contribution in [0.4, 0.5) is 14.4 Å². The highest BCUT2D eigenvalue weighted by molar-refractivity contribution is 6.68. The molecule has 0 bridgehead atoms. The van der Waals surface area contributed by atoms with Crippen LogP contribution in [0.2, 0.25) is 0 Å². The van der Waals surface area contributed by atoms with Gasteiger partial charge in [0, 0.05) is 6.54 Å². The maximum absolute atomic E-state index is 11.8. The number of amides is 3. The summed E-state index contributed by atoms with van der Waals surface area (Å²) < 4.78 is 10.9. The second kappa shape index (κ2) is 15.1. The second-order valence-corrected chi connectivity index (χ2v) is 11.4. The van der Waals surface area contributed by atoms with Gasteiger partial charge >= 0.3 is 18.3 Å². The molecule has 0 atom stereocenters. The molecular formula is C17H24Cl6N2O6. The summed E-state index contributed by atoms with van der Waals surface area (Å²) in [6.45, 7) is 11.3. The largest absolute Gasteiger partial charge is 0.445 e. The molecule has 0 radical (unpaired) electrons. The third kappa shape index (κ3) is 22.2. The minimum atomic E-state index is -1.75. The minimum Gasteiger partial charge on any atom is -0.445 e. The average Bonchev–Trinajstić information content (AvgIpc) is 2.58. The predicted octanol–water partition coefficient (Wildman–Crippen LogP) is 6.19. The molecule has 180 valence electrons. The van der Waals surface area contributed by atoms with Crippen molar-refractivity contribution in [1.82, 2.24) is 10.2 Å². The van der Waals surface area contributed by atoms with E-state index in [1.165, 1.54) is 12.2 Å². The second-order valence-electron chi connectivity index (χ2n) is 6.41. The molecule has 8 nitrogen and oxygen atoms in total. The maximum atomic E-state index is 11.8. The van der Waals surface area contributed by atoms with Crippen molar-refractivity contribution in [2.45, 2.75) is 34.0 Å². The van der Waals surface area contributed by atoms with Crippen molar-refractivity contribution in [3.63, 3.8) is 0 Å². The highest BCUT2D eigenvalue weighted by atomic mass is 35.6. The smallest absolute Gasteiger partial charge is 0.420 e. The van der Waals surface area contributed by atoms with Crippen molar-refractivity contribution in [2.24, 2.45) is 0 Å². The summed E-state index contributed by atoms with van der Waals surface area (Å²) in [4.78, 5) is 34.9. The number of imide groups is 1. The van der Waals surface area contributed by atoms with Crippen LogP contribution >= 0.6 is 69.6 Å². The lowest BCUT2D eigenvalue weighted by molar-refractivity contribution is 0.0243. The van der Waals surface area contributed by atoms with Gasteiger partial charge in [-0.2, -0.15) is 0 Å². The van der Waals surface area contributed by atoms with Gasteiger partial charge in [-0.25, -0.2) is 19.3 Å². The zero-order chi connectivity index (χ0) is 24.9. The summed E-state index contributed by atoms with van der Waals surface area (Å²) in [5.74, 6) is 0. The summed E-state index contributed by atoms with van der Waals surface area (Å²) in [6, 6.07) is 0. The Morgan fingerprint density at radius 1 is 0.871 bits per heavy atom. The standard InChI is InChI=1S/C11H16Cl3NO4.C6H8Cl3NO2/c1-5-6-15(9(17)19-10(2,3)4)8(16)18-7-11(12,13)14;1-2-3-10-5(11)12-4-6(7,8)9/h5H,1,6-7H2,2-4H3;2H,1,3-4H2,(H,10,11). The molecule has 0 aromatic carbocycles. The lowest BCUT2D eigenvalue weighted by Crippen LogP contribution is -2.42. The molecule has 0 aliphatic heterocycles. The van der Waals surface area contributed by atoms with E-state index in [-0.39, 0.29) is 13.2 Å². The predicted molar refractivity (Wildman–Crippen MR) is 125 cm³/mol. The van der Waals surface area contributed by atoms with Crippen molar-refractivity contribution in [3.8, 4) is 0 Å². The van der Waals surface area contributed by atoms with Gasteiger partial charge in [-0.1, -0.05) is 81.8 Å². The van der Waals surface area contributed by atoms with Crippen molar-refractivity contribution >= 4 is 87.9 Å². The van der Waals surface area contributed by atoms with Gasteiger partial charge in [0.05, 0.1) is 6.54 Å². The van der Waals surface area contributed by atoms with Gasteiger partial charge in [0.1, 0.15) is 18.8 Å².